The Morgan fingerprint density at radius 1 is 1.18 bits per heavy atom. The van der Waals surface area contributed by atoms with Crippen molar-refractivity contribution in [3.63, 3.8) is 0 Å². The molecule has 0 aliphatic heterocycles. The third-order valence-corrected chi connectivity index (χ3v) is 9.36. The van der Waals surface area contributed by atoms with Gasteiger partial charge in [-0.3, -0.25) is 19.2 Å². The molecule has 0 amide bonds. The highest BCUT2D eigenvalue weighted by Crippen LogP contribution is 2.66. The molecule has 4 aliphatic rings. The lowest BCUT2D eigenvalue weighted by Crippen LogP contribution is -2.63. The van der Waals surface area contributed by atoms with Gasteiger partial charge in [-0.1, -0.05) is 19.4 Å². The zero-order chi connectivity index (χ0) is 24.6. The summed E-state index contributed by atoms with van der Waals surface area (Å²) in [4.78, 5) is 51.7. The van der Waals surface area contributed by atoms with E-state index in [0.717, 1.165) is 5.57 Å². The molecule has 33 heavy (non-hydrogen) atoms. The minimum Gasteiger partial charge on any atom is -0.461 e. The first kappa shape index (κ1) is 24.3. The van der Waals surface area contributed by atoms with Crippen LogP contribution in [0.4, 0.5) is 0 Å². The van der Waals surface area contributed by atoms with Crippen LogP contribution in [-0.2, 0) is 23.9 Å². The maximum atomic E-state index is 13.8. The second kappa shape index (κ2) is 7.57. The van der Waals surface area contributed by atoms with Crippen LogP contribution in [0.5, 0.6) is 0 Å². The van der Waals surface area contributed by atoms with E-state index in [1.807, 2.05) is 13.8 Å². The fourth-order valence-electron chi connectivity index (χ4n) is 7.46. The Hall–Kier alpha value is -1.86. The van der Waals surface area contributed by atoms with E-state index in [1.165, 1.54) is 0 Å². The van der Waals surface area contributed by atoms with Crippen LogP contribution in [0.25, 0.3) is 0 Å². The third-order valence-electron chi connectivity index (χ3n) is 9.36. The van der Waals surface area contributed by atoms with Gasteiger partial charge in [-0.15, -0.1) is 0 Å². The molecule has 0 saturated heterocycles. The van der Waals surface area contributed by atoms with Crippen LogP contribution in [0.1, 0.15) is 73.1 Å². The zero-order valence-corrected chi connectivity index (χ0v) is 20.3. The van der Waals surface area contributed by atoms with E-state index >= 15 is 0 Å². The van der Waals surface area contributed by atoms with Gasteiger partial charge in [-0.05, 0) is 64.4 Å². The average Bonchev–Trinajstić information content (AvgIpc) is 2.98. The summed E-state index contributed by atoms with van der Waals surface area (Å²) in [7, 11) is 0. The second-order valence-electron chi connectivity index (χ2n) is 12.1. The van der Waals surface area contributed by atoms with Gasteiger partial charge in [-0.25, -0.2) is 0 Å². The number of fused-ring (bicyclic) bond motifs is 5. The number of hydrogen-bond acceptors (Lipinski definition) is 7. The van der Waals surface area contributed by atoms with Crippen LogP contribution >= 0.6 is 0 Å². The number of ketones is 3. The summed E-state index contributed by atoms with van der Waals surface area (Å²) < 4.78 is 5.94. The summed E-state index contributed by atoms with van der Waals surface area (Å²) in [5.41, 5.74) is -3.33. The maximum absolute atomic E-state index is 13.8. The number of carbonyl (C=O) groups is 4. The number of esters is 1. The molecule has 0 spiro atoms. The molecule has 1 unspecified atom stereocenters. The van der Waals surface area contributed by atoms with Crippen molar-refractivity contribution >= 4 is 23.3 Å². The quantitative estimate of drug-likeness (QED) is 0.622. The predicted octanol–water partition coefficient (Wildman–Crippen LogP) is 2.56. The molecule has 4 rings (SSSR count). The normalized spacial score (nSPS) is 42.7. The Labute approximate surface area is 194 Å². The van der Waals surface area contributed by atoms with Gasteiger partial charge in [0.25, 0.3) is 0 Å². The van der Waals surface area contributed by atoms with E-state index in [1.54, 1.807) is 26.8 Å². The van der Waals surface area contributed by atoms with Gasteiger partial charge >= 0.3 is 5.97 Å². The van der Waals surface area contributed by atoms with Gasteiger partial charge < -0.3 is 14.9 Å². The van der Waals surface area contributed by atoms with E-state index in [9.17, 15) is 29.4 Å². The molecule has 7 heteroatoms. The monoisotopic (exact) mass is 460 g/mol. The van der Waals surface area contributed by atoms with Crippen LogP contribution in [0.15, 0.2) is 11.6 Å². The van der Waals surface area contributed by atoms with Gasteiger partial charge in [0.2, 0.25) is 0 Å². The first-order valence-corrected chi connectivity index (χ1v) is 12.0. The first-order valence-electron chi connectivity index (χ1n) is 12.0. The largest absolute Gasteiger partial charge is 0.461 e. The molecule has 4 aliphatic carbocycles. The number of ether oxygens (including phenoxy) is 1. The second-order valence-corrected chi connectivity index (χ2v) is 12.1. The Balaban J connectivity index is 1.75. The van der Waals surface area contributed by atoms with Crippen LogP contribution < -0.4 is 0 Å². The molecule has 0 aromatic rings. The van der Waals surface area contributed by atoms with Gasteiger partial charge in [0.15, 0.2) is 11.6 Å². The smallest absolute Gasteiger partial charge is 0.311 e. The summed E-state index contributed by atoms with van der Waals surface area (Å²) in [6, 6.07) is 0. The van der Waals surface area contributed by atoms with E-state index in [4.69, 9.17) is 4.74 Å². The van der Waals surface area contributed by atoms with E-state index in [0.29, 0.717) is 19.3 Å². The Morgan fingerprint density at radius 2 is 1.85 bits per heavy atom. The Bertz CT molecular complexity index is 943. The fraction of sp³-hybridized carbons (Fsp3) is 0.769. The molecule has 7 nitrogen and oxygen atoms in total. The molecule has 0 radical (unpaired) electrons. The highest BCUT2D eigenvalue weighted by atomic mass is 16.5. The highest BCUT2D eigenvalue weighted by molar-refractivity contribution is 5.95. The third kappa shape index (κ3) is 3.29. The van der Waals surface area contributed by atoms with Crippen LogP contribution in [0, 0.1) is 34.0 Å². The van der Waals surface area contributed by atoms with E-state index in [2.05, 4.69) is 0 Å². The van der Waals surface area contributed by atoms with Crippen molar-refractivity contribution in [3.05, 3.63) is 11.6 Å². The average molecular weight is 461 g/mol. The van der Waals surface area contributed by atoms with Gasteiger partial charge in [0.05, 0.1) is 5.41 Å². The van der Waals surface area contributed by atoms with Crippen molar-refractivity contribution in [1.82, 2.24) is 0 Å². The number of Topliss-reactive ketones (excluding diaryl/α,β-unsaturated/α-hetero) is 2. The fourth-order valence-corrected chi connectivity index (χ4v) is 7.46. The number of aliphatic hydroxyl groups is 2. The lowest BCUT2D eigenvalue weighted by molar-refractivity contribution is -0.184. The minimum atomic E-state index is -1.72. The summed E-state index contributed by atoms with van der Waals surface area (Å²) >= 11 is 0. The summed E-state index contributed by atoms with van der Waals surface area (Å²) in [5, 5.41) is 20.8. The molecule has 0 aromatic heterocycles. The number of carbonyl (C=O) groups excluding carboxylic acids is 4. The van der Waals surface area contributed by atoms with Crippen molar-refractivity contribution in [3.8, 4) is 0 Å². The maximum Gasteiger partial charge on any atom is 0.311 e. The molecule has 3 saturated carbocycles. The van der Waals surface area contributed by atoms with Crippen LogP contribution in [0.3, 0.4) is 0 Å². The predicted molar refractivity (Wildman–Crippen MR) is 119 cm³/mol. The lowest BCUT2D eigenvalue weighted by atomic mass is 9.45. The van der Waals surface area contributed by atoms with Crippen LogP contribution in [0.2, 0.25) is 0 Å². The van der Waals surface area contributed by atoms with Crippen LogP contribution in [-0.4, -0.2) is 51.8 Å². The number of rotatable bonds is 3. The molecule has 3 fully saturated rings. The van der Waals surface area contributed by atoms with Crippen molar-refractivity contribution in [1.29, 1.82) is 0 Å². The molecule has 0 heterocycles. The molecule has 0 bridgehead atoms. The zero-order valence-electron chi connectivity index (χ0n) is 20.3. The standard InChI is InChI=1S/C26H36O7/c1-23(2,3)22(31)33-20-11-15(28)10-14-6-7-16-17-8-9-26(32,19(30)13-27)24(17,4)12-18(29)21(16)25(14,20)5/h10,16-17,20-21,27,32H,6-9,11-13H2,1-5H3/t16-,17-,20?,21+,24-,25+,26-/m0/s1. The molecular weight excluding hydrogens is 424 g/mol. The van der Waals surface area contributed by atoms with Gasteiger partial charge in [0.1, 0.15) is 24.1 Å². The first-order chi connectivity index (χ1) is 15.2. The molecule has 2 N–H and O–H groups in total. The minimum absolute atomic E-state index is 0.0256. The van der Waals surface area contributed by atoms with E-state index < -0.39 is 52.2 Å². The topological polar surface area (TPSA) is 118 Å². The Kier molecular flexibility index (Phi) is 5.57. The van der Waals surface area contributed by atoms with Gasteiger partial charge in [0, 0.05) is 29.6 Å². The Morgan fingerprint density at radius 3 is 2.45 bits per heavy atom. The van der Waals surface area contributed by atoms with Crippen molar-refractivity contribution < 1.29 is 34.1 Å². The molecule has 7 atom stereocenters. The van der Waals surface area contributed by atoms with E-state index in [-0.39, 0.29) is 42.7 Å². The number of aliphatic hydroxyl groups excluding tert-OH is 1. The van der Waals surface area contributed by atoms with Crippen molar-refractivity contribution in [2.45, 2.75) is 84.8 Å². The number of hydrogen-bond donors (Lipinski definition) is 2. The SMILES string of the molecule is CC(C)(C)C(=O)OC1CC(=O)C=C2CC[C@H]3[C@@H]4CC[C@](O)(C(=O)CO)[C@@]4(C)CC(=O)[C@@H]3[C@]21C. The summed E-state index contributed by atoms with van der Waals surface area (Å²) in [6.45, 7) is 8.29. The molecular formula is C26H36O7. The molecule has 182 valence electrons. The van der Waals surface area contributed by atoms with Crippen molar-refractivity contribution in [2.24, 2.45) is 34.0 Å². The summed E-state index contributed by atoms with van der Waals surface area (Å²) in [5.74, 6) is -1.80. The van der Waals surface area contributed by atoms with Crippen molar-refractivity contribution in [2.75, 3.05) is 6.61 Å². The van der Waals surface area contributed by atoms with Gasteiger partial charge in [-0.2, -0.15) is 0 Å². The lowest BCUT2D eigenvalue weighted by Gasteiger charge is -2.59. The summed E-state index contributed by atoms with van der Waals surface area (Å²) in [6.07, 6.45) is 3.09. The molecule has 0 aromatic carbocycles. The highest BCUT2D eigenvalue weighted by Gasteiger charge is 2.69.